The maximum Gasteiger partial charge on any atom is 0.333 e. The number of rotatable bonds is 5. The summed E-state index contributed by atoms with van der Waals surface area (Å²) in [5, 5.41) is 0.748. The van der Waals surface area contributed by atoms with Gasteiger partial charge in [-0.1, -0.05) is 31.0 Å². The Hall–Kier alpha value is -3.95. The van der Waals surface area contributed by atoms with E-state index < -0.39 is 5.91 Å². The molecule has 1 fully saturated rings. The Morgan fingerprint density at radius 3 is 2.44 bits per heavy atom. The van der Waals surface area contributed by atoms with Gasteiger partial charge in [-0.05, 0) is 55.3 Å². The fourth-order valence-corrected chi connectivity index (χ4v) is 6.19. The number of urea groups is 1. The predicted molar refractivity (Wildman–Crippen MR) is 141 cm³/mol. The van der Waals surface area contributed by atoms with Crippen molar-refractivity contribution in [3.05, 3.63) is 71.7 Å². The minimum Gasteiger partial charge on any atom is -0.457 e. The highest BCUT2D eigenvalue weighted by atomic mass is 32.1. The van der Waals surface area contributed by atoms with Crippen LogP contribution in [0.15, 0.2) is 66.9 Å². The topological polar surface area (TPSA) is 115 Å². The van der Waals surface area contributed by atoms with Gasteiger partial charge in [0.1, 0.15) is 21.2 Å². The summed E-state index contributed by atoms with van der Waals surface area (Å²) in [7, 11) is 0. The van der Waals surface area contributed by atoms with Crippen molar-refractivity contribution in [2.24, 2.45) is 11.5 Å². The number of aromatic nitrogens is 1. The number of pyridine rings is 1. The first-order valence-corrected chi connectivity index (χ1v) is 12.8. The highest BCUT2D eigenvalue weighted by molar-refractivity contribution is 7.21. The molecule has 0 unspecified atom stereocenters. The number of nitrogens with zero attached hydrogens (tertiary/aromatic N) is 3. The number of thiophene rings is 1. The Balaban J connectivity index is 1.47. The zero-order valence-electron chi connectivity index (χ0n) is 19.5. The van der Waals surface area contributed by atoms with E-state index in [1.807, 2.05) is 54.6 Å². The molecular formula is C27H25N5O3S. The van der Waals surface area contributed by atoms with Crippen molar-refractivity contribution in [1.29, 1.82) is 0 Å². The molecule has 8 nitrogen and oxygen atoms in total. The molecule has 6 rings (SSSR count). The standard InChI is InChI=1S/C27H25N5O3S/c28-19-8-4-5-9-20(19)32-23-22-21(14-15-30-26(22)36-24(23)25(29)33)31(27(32)34)16-10-12-18(13-11-16)35-17-6-2-1-3-7-17/h1-3,6-7,10-15,19-20H,4-5,8-9,28H2,(H2,29,33)/t19-,20+/m1/s1. The van der Waals surface area contributed by atoms with E-state index in [9.17, 15) is 9.59 Å². The second kappa shape index (κ2) is 8.92. The van der Waals surface area contributed by atoms with Crippen molar-refractivity contribution < 1.29 is 14.3 Å². The predicted octanol–water partition coefficient (Wildman–Crippen LogP) is 5.54. The maximum atomic E-state index is 14.2. The van der Waals surface area contributed by atoms with Gasteiger partial charge in [0.25, 0.3) is 5.91 Å². The first-order chi connectivity index (χ1) is 17.5. The second-order valence-electron chi connectivity index (χ2n) is 9.07. The number of anilines is 3. The molecule has 1 aliphatic carbocycles. The van der Waals surface area contributed by atoms with E-state index in [-0.39, 0.29) is 18.1 Å². The van der Waals surface area contributed by atoms with Crippen molar-refractivity contribution in [3.8, 4) is 11.5 Å². The van der Waals surface area contributed by atoms with Crippen molar-refractivity contribution >= 4 is 50.6 Å². The lowest BCUT2D eigenvalue weighted by Gasteiger charge is -2.43. The molecule has 2 atom stereocenters. The van der Waals surface area contributed by atoms with Crippen LogP contribution in [-0.2, 0) is 0 Å². The number of carbonyl (C=O) groups excluding carboxylic acids is 2. The van der Waals surface area contributed by atoms with Gasteiger partial charge in [-0.25, -0.2) is 9.78 Å². The zero-order chi connectivity index (χ0) is 24.8. The lowest BCUT2D eigenvalue weighted by atomic mass is 9.89. The summed E-state index contributed by atoms with van der Waals surface area (Å²) in [5.41, 5.74) is 14.2. The number of hydrogen-bond donors (Lipinski definition) is 2. The molecule has 0 radical (unpaired) electrons. The SMILES string of the molecule is NC(=O)c1sc2nccc3c2c1N([C@H]1CCCC[C@H]1N)C(=O)N3c1ccc(Oc2ccccc2)cc1. The van der Waals surface area contributed by atoms with Gasteiger partial charge in [0.2, 0.25) is 0 Å². The van der Waals surface area contributed by atoms with E-state index in [4.69, 9.17) is 16.2 Å². The average Bonchev–Trinajstić information content (AvgIpc) is 3.28. The maximum absolute atomic E-state index is 14.2. The summed E-state index contributed by atoms with van der Waals surface area (Å²) >= 11 is 1.22. The Kier molecular flexibility index (Phi) is 5.58. The van der Waals surface area contributed by atoms with Crippen LogP contribution in [0.2, 0.25) is 0 Å². The largest absolute Gasteiger partial charge is 0.457 e. The quantitative estimate of drug-likeness (QED) is 0.374. The van der Waals surface area contributed by atoms with E-state index >= 15 is 0 Å². The summed E-state index contributed by atoms with van der Waals surface area (Å²) in [4.78, 5) is 35.5. The van der Waals surface area contributed by atoms with Gasteiger partial charge < -0.3 is 16.2 Å². The number of amides is 3. The number of primary amides is 1. The van der Waals surface area contributed by atoms with E-state index in [0.29, 0.717) is 32.5 Å². The summed E-state index contributed by atoms with van der Waals surface area (Å²) in [5.74, 6) is 0.819. The third-order valence-electron chi connectivity index (χ3n) is 6.83. The normalized spacial score (nSPS) is 19.5. The summed E-state index contributed by atoms with van der Waals surface area (Å²) in [6, 6.07) is 18.0. The van der Waals surface area contributed by atoms with Crippen molar-refractivity contribution in [1.82, 2.24) is 4.98 Å². The third kappa shape index (κ3) is 3.68. The Bertz CT molecular complexity index is 1450. The molecule has 4 aromatic rings. The molecule has 0 saturated heterocycles. The molecule has 2 aromatic heterocycles. The van der Waals surface area contributed by atoms with Gasteiger partial charge in [0.15, 0.2) is 0 Å². The van der Waals surface area contributed by atoms with Crippen LogP contribution in [0.1, 0.15) is 35.4 Å². The Labute approximate surface area is 212 Å². The molecular weight excluding hydrogens is 474 g/mol. The Morgan fingerprint density at radius 2 is 1.72 bits per heavy atom. The van der Waals surface area contributed by atoms with Gasteiger partial charge >= 0.3 is 6.03 Å². The van der Waals surface area contributed by atoms with Crippen molar-refractivity contribution in [2.75, 3.05) is 9.80 Å². The number of benzene rings is 2. The third-order valence-corrected chi connectivity index (χ3v) is 7.94. The fraction of sp³-hybridized carbons (Fsp3) is 0.222. The van der Waals surface area contributed by atoms with Gasteiger partial charge in [-0.15, -0.1) is 11.3 Å². The number of ether oxygens (including phenoxy) is 1. The summed E-state index contributed by atoms with van der Waals surface area (Å²) in [6.07, 6.45) is 5.21. The minimum absolute atomic E-state index is 0.194. The van der Waals surface area contributed by atoms with E-state index in [2.05, 4.69) is 4.98 Å². The molecule has 2 aliphatic rings. The van der Waals surface area contributed by atoms with Crippen LogP contribution in [0.3, 0.4) is 0 Å². The van der Waals surface area contributed by atoms with Gasteiger partial charge in [-0.3, -0.25) is 14.6 Å². The van der Waals surface area contributed by atoms with Crippen LogP contribution in [0, 0.1) is 0 Å². The fourth-order valence-electron chi connectivity index (χ4n) is 5.19. The van der Waals surface area contributed by atoms with Crippen LogP contribution in [-0.4, -0.2) is 29.0 Å². The smallest absolute Gasteiger partial charge is 0.333 e. The van der Waals surface area contributed by atoms with E-state index in [1.165, 1.54) is 11.3 Å². The second-order valence-corrected chi connectivity index (χ2v) is 10.1. The monoisotopic (exact) mass is 499 g/mol. The van der Waals surface area contributed by atoms with Crippen molar-refractivity contribution in [3.63, 3.8) is 0 Å². The number of para-hydroxylation sites is 1. The summed E-state index contributed by atoms with van der Waals surface area (Å²) < 4.78 is 5.93. The highest BCUT2D eigenvalue weighted by Crippen LogP contribution is 2.50. The number of nitrogens with two attached hydrogens (primary N) is 2. The van der Waals surface area contributed by atoms with Gasteiger partial charge in [0.05, 0.1) is 28.5 Å². The molecule has 36 heavy (non-hydrogen) atoms. The lowest BCUT2D eigenvalue weighted by molar-refractivity contribution is 0.100. The van der Waals surface area contributed by atoms with Gasteiger partial charge in [-0.2, -0.15) is 0 Å². The molecule has 0 bridgehead atoms. The van der Waals surface area contributed by atoms with Crippen LogP contribution < -0.4 is 26.0 Å². The van der Waals surface area contributed by atoms with Crippen LogP contribution >= 0.6 is 11.3 Å². The molecule has 3 amide bonds. The molecule has 182 valence electrons. The van der Waals surface area contributed by atoms with Crippen LogP contribution in [0.4, 0.5) is 21.9 Å². The summed E-state index contributed by atoms with van der Waals surface area (Å²) in [6.45, 7) is 0. The Morgan fingerprint density at radius 1 is 1.00 bits per heavy atom. The van der Waals surface area contributed by atoms with Gasteiger partial charge in [0, 0.05) is 12.2 Å². The minimum atomic E-state index is -0.572. The van der Waals surface area contributed by atoms with Crippen LogP contribution in [0.5, 0.6) is 11.5 Å². The highest BCUT2D eigenvalue weighted by Gasteiger charge is 2.43. The first kappa shape index (κ1) is 22.5. The molecule has 4 N–H and O–H groups in total. The molecule has 9 heteroatoms. The number of hydrogen-bond acceptors (Lipinski definition) is 6. The molecule has 1 saturated carbocycles. The van der Waals surface area contributed by atoms with E-state index in [0.717, 1.165) is 36.8 Å². The number of carbonyl (C=O) groups is 2. The molecule has 0 spiro atoms. The van der Waals surface area contributed by atoms with Crippen LogP contribution in [0.25, 0.3) is 10.2 Å². The first-order valence-electron chi connectivity index (χ1n) is 12.0. The van der Waals surface area contributed by atoms with Crippen molar-refractivity contribution in [2.45, 2.75) is 37.8 Å². The molecule has 2 aromatic carbocycles. The molecule has 1 aliphatic heterocycles. The zero-order valence-corrected chi connectivity index (χ0v) is 20.3. The average molecular weight is 500 g/mol. The van der Waals surface area contributed by atoms with E-state index in [1.54, 1.807) is 22.1 Å². The molecule has 3 heterocycles. The lowest BCUT2D eigenvalue weighted by Crippen LogP contribution is -2.57.